The fourth-order valence-corrected chi connectivity index (χ4v) is 6.03. The Morgan fingerprint density at radius 1 is 1.12 bits per heavy atom. The Morgan fingerprint density at radius 3 is 2.56 bits per heavy atom. The lowest BCUT2D eigenvalue weighted by Gasteiger charge is -2.31. The molecule has 0 saturated carbocycles. The lowest BCUT2D eigenvalue weighted by atomic mass is 9.93. The molecule has 182 valence electrons. The molecule has 0 spiro atoms. The Balaban J connectivity index is 1.55. The van der Waals surface area contributed by atoms with Gasteiger partial charge >= 0.3 is 0 Å². The van der Waals surface area contributed by atoms with Crippen molar-refractivity contribution in [3.8, 4) is 17.2 Å². The summed E-state index contributed by atoms with van der Waals surface area (Å²) in [6.45, 7) is 3.91. The van der Waals surface area contributed by atoms with Gasteiger partial charge in [-0.1, -0.05) is 0 Å². The van der Waals surface area contributed by atoms with Crippen molar-refractivity contribution in [2.24, 2.45) is 0 Å². The van der Waals surface area contributed by atoms with Gasteiger partial charge in [-0.2, -0.15) is 4.31 Å². The number of fused-ring (bicyclic) bond motifs is 1. The lowest BCUT2D eigenvalue weighted by Crippen LogP contribution is -2.43. The zero-order valence-corrected chi connectivity index (χ0v) is 20.4. The Bertz CT molecular complexity index is 1240. The monoisotopic (exact) mass is 488 g/mol. The molecule has 0 aliphatic carbocycles. The highest BCUT2D eigenvalue weighted by Gasteiger charge is 2.40. The van der Waals surface area contributed by atoms with Gasteiger partial charge in [-0.25, -0.2) is 8.42 Å². The van der Waals surface area contributed by atoms with Gasteiger partial charge in [-0.05, 0) is 57.0 Å². The number of ether oxygens (including phenoxy) is 3. The molecule has 1 fully saturated rings. The fraction of sp³-hybridized carbons (Fsp3) is 0.417. The third kappa shape index (κ3) is 4.47. The van der Waals surface area contributed by atoms with Crippen LogP contribution in [0.2, 0.25) is 0 Å². The van der Waals surface area contributed by atoms with Crippen molar-refractivity contribution in [2.45, 2.75) is 49.6 Å². The molecule has 2 aliphatic rings. The minimum atomic E-state index is -3.96. The summed E-state index contributed by atoms with van der Waals surface area (Å²) in [7, 11) is -1.06. The van der Waals surface area contributed by atoms with E-state index in [0.717, 1.165) is 0 Å². The van der Waals surface area contributed by atoms with Crippen LogP contribution in [0, 0.1) is 0 Å². The second-order valence-electron chi connectivity index (χ2n) is 8.95. The van der Waals surface area contributed by atoms with Crippen molar-refractivity contribution < 1.29 is 32.2 Å². The molecule has 9 nitrogen and oxygen atoms in total. The van der Waals surface area contributed by atoms with Crippen LogP contribution in [-0.2, 0) is 14.8 Å². The first kappa shape index (κ1) is 24.0. The second-order valence-corrected chi connectivity index (χ2v) is 10.8. The number of anilines is 1. The molecule has 1 unspecified atom stereocenters. The van der Waals surface area contributed by atoms with Crippen LogP contribution in [0.5, 0.6) is 17.2 Å². The van der Waals surface area contributed by atoms with Crippen LogP contribution in [0.3, 0.4) is 0 Å². The molecule has 1 amide bonds. The van der Waals surface area contributed by atoms with Gasteiger partial charge in [0.25, 0.3) is 0 Å². The molecule has 2 aromatic carbocycles. The Morgan fingerprint density at radius 2 is 1.85 bits per heavy atom. The number of benzene rings is 2. The van der Waals surface area contributed by atoms with Crippen LogP contribution in [-0.4, -0.2) is 56.8 Å². The molecule has 1 saturated heterocycles. The van der Waals surface area contributed by atoms with Crippen LogP contribution < -0.4 is 19.5 Å². The van der Waals surface area contributed by atoms with E-state index in [1.54, 1.807) is 18.2 Å². The van der Waals surface area contributed by atoms with Crippen LogP contribution in [0.25, 0.3) is 0 Å². The molecule has 0 bridgehead atoms. The minimum absolute atomic E-state index is 0.0176. The minimum Gasteiger partial charge on any atom is -0.493 e. The molecule has 1 N–H and O–H groups in total. The van der Waals surface area contributed by atoms with Crippen LogP contribution in [0.1, 0.15) is 43.5 Å². The Kier molecular flexibility index (Phi) is 6.30. The number of methoxy groups -OCH3 is 2. The molecule has 2 heterocycles. The van der Waals surface area contributed by atoms with E-state index < -0.39 is 27.6 Å². The number of carbonyl (C=O) groups is 2. The summed E-state index contributed by atoms with van der Waals surface area (Å²) in [6, 6.07) is 8.33. The predicted octanol–water partition coefficient (Wildman–Crippen LogP) is 3.24. The van der Waals surface area contributed by atoms with E-state index in [-0.39, 0.29) is 29.4 Å². The van der Waals surface area contributed by atoms with Gasteiger partial charge in [0.05, 0.1) is 31.1 Å². The number of Topliss-reactive ketones (excluding diaryl/α,β-unsaturated/α-hetero) is 1. The Hall–Kier alpha value is -3.11. The molecular weight excluding hydrogens is 460 g/mol. The van der Waals surface area contributed by atoms with Gasteiger partial charge in [-0.15, -0.1) is 0 Å². The van der Waals surface area contributed by atoms with Gasteiger partial charge < -0.3 is 19.5 Å². The molecule has 0 radical (unpaired) electrons. The van der Waals surface area contributed by atoms with Crippen LogP contribution in [0.4, 0.5) is 5.69 Å². The first-order valence-electron chi connectivity index (χ1n) is 11.0. The molecule has 10 heteroatoms. The van der Waals surface area contributed by atoms with Gasteiger partial charge in [0, 0.05) is 18.3 Å². The van der Waals surface area contributed by atoms with E-state index in [2.05, 4.69) is 5.32 Å². The lowest BCUT2D eigenvalue weighted by molar-refractivity contribution is -0.119. The number of ketones is 1. The second kappa shape index (κ2) is 8.92. The number of amides is 1. The maximum atomic E-state index is 13.4. The number of rotatable bonds is 6. The topological polar surface area (TPSA) is 111 Å². The van der Waals surface area contributed by atoms with E-state index in [4.69, 9.17) is 14.2 Å². The third-order valence-electron chi connectivity index (χ3n) is 5.99. The average molecular weight is 489 g/mol. The summed E-state index contributed by atoms with van der Waals surface area (Å²) in [5.41, 5.74) is 0.228. The number of hydrogen-bond acceptors (Lipinski definition) is 7. The number of carbonyl (C=O) groups excluding carboxylic acids is 2. The van der Waals surface area contributed by atoms with E-state index in [1.165, 1.54) is 36.7 Å². The number of hydrogen-bond donors (Lipinski definition) is 1. The highest BCUT2D eigenvalue weighted by molar-refractivity contribution is 7.89. The van der Waals surface area contributed by atoms with E-state index in [1.807, 2.05) is 13.8 Å². The fourth-order valence-electron chi connectivity index (χ4n) is 4.36. The highest BCUT2D eigenvalue weighted by atomic mass is 32.2. The maximum absolute atomic E-state index is 13.4. The summed E-state index contributed by atoms with van der Waals surface area (Å²) in [4.78, 5) is 25.7. The first-order chi connectivity index (χ1) is 16.1. The summed E-state index contributed by atoms with van der Waals surface area (Å²) >= 11 is 0. The molecule has 4 rings (SSSR count). The number of sulfonamides is 1. The smallest absolute Gasteiger partial charge is 0.243 e. The molecule has 2 aliphatic heterocycles. The zero-order valence-electron chi connectivity index (χ0n) is 19.6. The molecular formula is C24H28N2O7S. The third-order valence-corrected chi connectivity index (χ3v) is 7.89. The van der Waals surface area contributed by atoms with E-state index in [0.29, 0.717) is 35.6 Å². The number of nitrogens with zero attached hydrogens (tertiary/aromatic N) is 1. The van der Waals surface area contributed by atoms with Crippen LogP contribution in [0.15, 0.2) is 41.3 Å². The molecule has 34 heavy (non-hydrogen) atoms. The largest absolute Gasteiger partial charge is 0.493 e. The first-order valence-corrected chi connectivity index (χ1v) is 12.4. The quantitative estimate of drug-likeness (QED) is 0.664. The van der Waals surface area contributed by atoms with Crippen molar-refractivity contribution in [3.05, 3.63) is 42.0 Å². The van der Waals surface area contributed by atoms with E-state index in [9.17, 15) is 18.0 Å². The van der Waals surface area contributed by atoms with Crippen molar-refractivity contribution in [1.82, 2.24) is 4.31 Å². The van der Waals surface area contributed by atoms with Gasteiger partial charge in [0.2, 0.25) is 15.9 Å². The van der Waals surface area contributed by atoms with Crippen molar-refractivity contribution >= 4 is 27.4 Å². The standard InChI is InChI=1S/C24H28N2O7S/c1-24(2)14-19(27)17-12-15(7-9-20(17)33-24)25-23(28)18-6-5-11-26(18)34(29,30)16-8-10-21(31-3)22(13-16)32-4/h7-10,12-13,18H,5-6,11,14H2,1-4H3,(H,25,28). The van der Waals surface area contributed by atoms with E-state index >= 15 is 0 Å². The Labute approximate surface area is 199 Å². The van der Waals surface area contributed by atoms with Crippen molar-refractivity contribution in [2.75, 3.05) is 26.1 Å². The zero-order chi connectivity index (χ0) is 24.7. The summed E-state index contributed by atoms with van der Waals surface area (Å²) < 4.78 is 44.2. The van der Waals surface area contributed by atoms with Crippen molar-refractivity contribution in [1.29, 1.82) is 0 Å². The average Bonchev–Trinajstić information content (AvgIpc) is 3.29. The van der Waals surface area contributed by atoms with Gasteiger partial charge in [0.1, 0.15) is 17.4 Å². The summed E-state index contributed by atoms with van der Waals surface area (Å²) in [5, 5.41) is 2.77. The number of nitrogens with one attached hydrogen (secondary N) is 1. The van der Waals surface area contributed by atoms with Gasteiger partial charge in [-0.3, -0.25) is 9.59 Å². The molecule has 2 aromatic rings. The van der Waals surface area contributed by atoms with Gasteiger partial charge in [0.15, 0.2) is 17.3 Å². The van der Waals surface area contributed by atoms with Crippen molar-refractivity contribution in [3.63, 3.8) is 0 Å². The SMILES string of the molecule is COc1ccc(S(=O)(=O)N2CCCC2C(=O)Nc2ccc3c(c2)C(=O)CC(C)(C)O3)cc1OC. The summed E-state index contributed by atoms with van der Waals surface area (Å²) in [5.74, 6) is 0.643. The highest BCUT2D eigenvalue weighted by Crippen LogP contribution is 2.36. The normalized spacial score (nSPS) is 19.8. The molecule has 1 atom stereocenters. The maximum Gasteiger partial charge on any atom is 0.243 e. The molecule has 0 aromatic heterocycles. The summed E-state index contributed by atoms with van der Waals surface area (Å²) in [6.07, 6.45) is 1.17. The predicted molar refractivity (Wildman–Crippen MR) is 125 cm³/mol. The van der Waals surface area contributed by atoms with Crippen LogP contribution >= 0.6 is 0 Å².